The molecule has 2 fully saturated rings. The van der Waals surface area contributed by atoms with Crippen molar-refractivity contribution >= 4 is 46.5 Å². The molecule has 0 aliphatic carbocycles. The number of nitrogens with zero attached hydrogens (tertiary/aromatic N) is 3. The van der Waals surface area contributed by atoms with Crippen molar-refractivity contribution in [2.45, 2.75) is 83.8 Å². The highest BCUT2D eigenvalue weighted by atomic mass is 19.4. The van der Waals surface area contributed by atoms with Crippen LogP contribution in [0, 0.1) is 6.92 Å². The summed E-state index contributed by atoms with van der Waals surface area (Å²) in [4.78, 5) is 57.8. The standard InChI is InChI=1S/C43H46F3N7O5/c1-24(2)58-37-19-31(25(3)17-35(37)50-38-20-34(32(21-48-38)43(44,45)46)49-33-8-6-5-7-30(33)40(55)47-4)27-13-15-52(16-14-27)22-26-9-10-29-28(18-26)23-53(42(29)57)36-11-12-39(54)51-41(36)56/h5-10,17-21,24,27,36H,11-16,22-23H2,1-4H3,(H,47,55)(H2,48,49,50)(H,51,54,56). The summed E-state index contributed by atoms with van der Waals surface area (Å²) in [5.74, 6) is -0.412. The predicted molar refractivity (Wildman–Crippen MR) is 212 cm³/mol. The lowest BCUT2D eigenvalue weighted by atomic mass is 9.86. The lowest BCUT2D eigenvalue weighted by Crippen LogP contribution is -2.52. The third-order valence-corrected chi connectivity index (χ3v) is 10.9. The Balaban J connectivity index is 1.04. The average molecular weight is 798 g/mol. The van der Waals surface area contributed by atoms with E-state index in [9.17, 15) is 32.3 Å². The van der Waals surface area contributed by atoms with Gasteiger partial charge >= 0.3 is 6.18 Å². The van der Waals surface area contributed by atoms with Gasteiger partial charge in [0.25, 0.3) is 11.8 Å². The molecule has 4 N–H and O–H groups in total. The quantitative estimate of drug-likeness (QED) is 0.116. The smallest absolute Gasteiger partial charge is 0.419 e. The molecule has 4 heterocycles. The predicted octanol–water partition coefficient (Wildman–Crippen LogP) is 7.18. The maximum atomic E-state index is 14.2. The van der Waals surface area contributed by atoms with E-state index >= 15 is 0 Å². The fourth-order valence-electron chi connectivity index (χ4n) is 8.04. The van der Waals surface area contributed by atoms with Crippen molar-refractivity contribution in [2.24, 2.45) is 0 Å². The van der Waals surface area contributed by atoms with Crippen LogP contribution in [-0.4, -0.2) is 70.7 Å². The Bertz CT molecular complexity index is 2250. The molecule has 0 spiro atoms. The van der Waals surface area contributed by atoms with Crippen LogP contribution < -0.4 is 26.0 Å². The Labute approximate surface area is 334 Å². The number of likely N-dealkylation sites (tertiary alicyclic amines) is 1. The SMILES string of the molecule is CNC(=O)c1ccccc1Nc1cc(Nc2cc(C)c(C3CCN(Cc4ccc5c(c4)CN(C4CCC(=O)NC4=O)C5=O)CC3)cc2OC(C)C)ncc1C(F)(F)F. The Kier molecular flexibility index (Phi) is 11.4. The Hall–Kier alpha value is -5.96. The monoisotopic (exact) mass is 797 g/mol. The normalized spacial score (nSPS) is 17.6. The number of imide groups is 1. The molecule has 1 aromatic heterocycles. The second kappa shape index (κ2) is 16.5. The Morgan fingerprint density at radius 2 is 1.72 bits per heavy atom. The van der Waals surface area contributed by atoms with Gasteiger partial charge in [0.1, 0.15) is 17.6 Å². The number of hydrogen-bond acceptors (Lipinski definition) is 9. The lowest BCUT2D eigenvalue weighted by Gasteiger charge is -2.33. The average Bonchev–Trinajstić information content (AvgIpc) is 3.50. The first kappa shape index (κ1) is 40.2. The first-order chi connectivity index (χ1) is 27.7. The second-order valence-electron chi connectivity index (χ2n) is 15.3. The van der Waals surface area contributed by atoms with Crippen LogP contribution in [-0.2, 0) is 28.9 Å². The highest BCUT2D eigenvalue weighted by molar-refractivity contribution is 6.05. The van der Waals surface area contributed by atoms with Crippen molar-refractivity contribution in [1.29, 1.82) is 0 Å². The maximum absolute atomic E-state index is 14.2. The van der Waals surface area contributed by atoms with Crippen LogP contribution in [0.1, 0.15) is 94.0 Å². The molecule has 4 amide bonds. The van der Waals surface area contributed by atoms with Gasteiger partial charge in [-0.1, -0.05) is 24.3 Å². The topological polar surface area (TPSA) is 145 Å². The van der Waals surface area contributed by atoms with E-state index in [4.69, 9.17) is 4.74 Å². The number of hydrogen-bond donors (Lipinski definition) is 4. The third-order valence-electron chi connectivity index (χ3n) is 10.9. The zero-order chi connectivity index (χ0) is 41.3. The van der Waals surface area contributed by atoms with E-state index in [0.29, 0.717) is 36.5 Å². The van der Waals surface area contributed by atoms with Crippen LogP contribution in [0.5, 0.6) is 5.75 Å². The molecule has 3 aliphatic heterocycles. The highest BCUT2D eigenvalue weighted by Gasteiger charge is 2.39. The van der Waals surface area contributed by atoms with E-state index in [-0.39, 0.29) is 53.0 Å². The van der Waals surface area contributed by atoms with Gasteiger partial charge in [-0.2, -0.15) is 13.2 Å². The molecule has 0 saturated carbocycles. The molecule has 12 nitrogen and oxygen atoms in total. The fourth-order valence-corrected chi connectivity index (χ4v) is 8.04. The van der Waals surface area contributed by atoms with Gasteiger partial charge in [0, 0.05) is 44.4 Å². The number of halogens is 3. The van der Waals surface area contributed by atoms with Gasteiger partial charge in [0.15, 0.2) is 0 Å². The molecule has 304 valence electrons. The fraction of sp³-hybridized carbons (Fsp3) is 0.372. The number of rotatable bonds is 11. The zero-order valence-corrected chi connectivity index (χ0v) is 32.8. The van der Waals surface area contributed by atoms with Crippen molar-refractivity contribution < 1.29 is 37.1 Å². The lowest BCUT2D eigenvalue weighted by molar-refractivity contribution is -0.138. The molecule has 3 aromatic carbocycles. The van der Waals surface area contributed by atoms with E-state index in [1.807, 2.05) is 51.1 Å². The van der Waals surface area contributed by atoms with E-state index in [1.54, 1.807) is 17.0 Å². The molecule has 0 radical (unpaired) electrons. The number of para-hydroxylation sites is 1. The molecule has 2 saturated heterocycles. The number of aryl methyl sites for hydroxylation is 1. The second-order valence-corrected chi connectivity index (χ2v) is 15.3. The molecule has 15 heteroatoms. The summed E-state index contributed by atoms with van der Waals surface area (Å²) in [6.45, 7) is 8.57. The zero-order valence-electron chi connectivity index (χ0n) is 32.8. The number of piperidine rings is 2. The molecule has 3 aliphatic rings. The first-order valence-electron chi connectivity index (χ1n) is 19.4. The number of anilines is 4. The molecule has 4 aromatic rings. The van der Waals surface area contributed by atoms with E-state index in [1.165, 1.54) is 25.2 Å². The van der Waals surface area contributed by atoms with Crippen LogP contribution in [0.4, 0.5) is 36.1 Å². The summed E-state index contributed by atoms with van der Waals surface area (Å²) in [6.07, 6.45) is -1.80. The van der Waals surface area contributed by atoms with E-state index in [2.05, 4.69) is 31.2 Å². The van der Waals surface area contributed by atoms with Crippen molar-refractivity contribution in [2.75, 3.05) is 30.8 Å². The van der Waals surface area contributed by atoms with Crippen LogP contribution in [0.25, 0.3) is 0 Å². The van der Waals surface area contributed by atoms with Crippen LogP contribution in [0.3, 0.4) is 0 Å². The minimum atomic E-state index is -4.71. The van der Waals surface area contributed by atoms with Gasteiger partial charge in [-0.3, -0.25) is 29.4 Å². The maximum Gasteiger partial charge on any atom is 0.419 e. The molecule has 1 unspecified atom stereocenters. The van der Waals surface area contributed by atoms with Gasteiger partial charge in [0.05, 0.1) is 34.3 Å². The Morgan fingerprint density at radius 3 is 2.43 bits per heavy atom. The number of benzene rings is 3. The first-order valence-corrected chi connectivity index (χ1v) is 19.4. The number of pyridine rings is 1. The minimum Gasteiger partial charge on any atom is -0.489 e. The number of alkyl halides is 3. The number of aromatic nitrogens is 1. The number of ether oxygens (including phenoxy) is 1. The minimum absolute atomic E-state index is 0.154. The highest BCUT2D eigenvalue weighted by Crippen LogP contribution is 2.41. The van der Waals surface area contributed by atoms with Crippen LogP contribution in [0.2, 0.25) is 0 Å². The summed E-state index contributed by atoms with van der Waals surface area (Å²) in [5.41, 5.74) is 4.41. The molecule has 7 rings (SSSR count). The summed E-state index contributed by atoms with van der Waals surface area (Å²) in [7, 11) is 1.45. The van der Waals surface area contributed by atoms with Gasteiger partial charge < -0.3 is 25.6 Å². The van der Waals surface area contributed by atoms with Crippen molar-refractivity contribution in [1.82, 2.24) is 25.4 Å². The van der Waals surface area contributed by atoms with Crippen molar-refractivity contribution in [3.63, 3.8) is 0 Å². The number of carbonyl (C=O) groups is 4. The van der Waals surface area contributed by atoms with Gasteiger partial charge in [-0.25, -0.2) is 4.98 Å². The van der Waals surface area contributed by atoms with Gasteiger partial charge in [-0.05, 0) is 112 Å². The van der Waals surface area contributed by atoms with Crippen LogP contribution >= 0.6 is 0 Å². The number of fused-ring (bicyclic) bond motifs is 1. The molecule has 1 atom stereocenters. The summed E-state index contributed by atoms with van der Waals surface area (Å²) < 4.78 is 48.8. The van der Waals surface area contributed by atoms with Gasteiger partial charge in [-0.15, -0.1) is 0 Å². The summed E-state index contributed by atoms with van der Waals surface area (Å²) >= 11 is 0. The molecule has 0 bridgehead atoms. The molecular formula is C43H46F3N7O5. The van der Waals surface area contributed by atoms with Gasteiger partial charge in [0.2, 0.25) is 11.8 Å². The summed E-state index contributed by atoms with van der Waals surface area (Å²) in [6, 6.07) is 16.8. The molecular weight excluding hydrogens is 752 g/mol. The van der Waals surface area contributed by atoms with E-state index < -0.39 is 29.6 Å². The summed E-state index contributed by atoms with van der Waals surface area (Å²) in [5, 5.41) is 10.9. The number of nitrogens with one attached hydrogen (secondary N) is 4. The van der Waals surface area contributed by atoms with E-state index in [0.717, 1.165) is 54.4 Å². The van der Waals surface area contributed by atoms with Crippen LogP contribution in [0.15, 0.2) is 66.9 Å². The number of carbonyl (C=O) groups excluding carboxylic acids is 4. The number of amides is 4. The van der Waals surface area contributed by atoms with Crippen molar-refractivity contribution in [3.8, 4) is 5.75 Å². The third kappa shape index (κ3) is 8.64. The molecule has 58 heavy (non-hydrogen) atoms. The van der Waals surface area contributed by atoms with Crippen molar-refractivity contribution in [3.05, 3.63) is 106 Å². The Morgan fingerprint density at radius 1 is 0.966 bits per heavy atom. The largest absolute Gasteiger partial charge is 0.489 e.